The lowest BCUT2D eigenvalue weighted by Crippen LogP contribution is -2.25. The second-order valence-corrected chi connectivity index (χ2v) is 5.37. The highest BCUT2D eigenvalue weighted by atomic mass is 35.5. The van der Waals surface area contributed by atoms with Gasteiger partial charge in [-0.1, -0.05) is 29.8 Å². The molecule has 1 N–H and O–H groups in total. The van der Waals surface area contributed by atoms with Gasteiger partial charge in [0.1, 0.15) is 6.54 Å². The molecule has 0 unspecified atom stereocenters. The molecule has 1 amide bonds. The standard InChI is InChI=1S/C16H13ClN2O3/c1-10-4-2-3-5-12(10)18-15(20)9-19-13-7-6-11(17)8-14(13)22-16(19)21/h2-8H,9H2,1H3,(H,18,20). The van der Waals surface area contributed by atoms with E-state index in [1.54, 1.807) is 18.2 Å². The average molecular weight is 317 g/mol. The minimum atomic E-state index is -0.586. The van der Waals surface area contributed by atoms with Crippen molar-refractivity contribution in [2.45, 2.75) is 13.5 Å². The van der Waals surface area contributed by atoms with Crippen LogP contribution in [-0.2, 0) is 11.3 Å². The maximum Gasteiger partial charge on any atom is 0.420 e. The number of hydrogen-bond donors (Lipinski definition) is 1. The van der Waals surface area contributed by atoms with E-state index in [1.165, 1.54) is 4.57 Å². The number of benzene rings is 2. The highest BCUT2D eigenvalue weighted by molar-refractivity contribution is 6.31. The summed E-state index contributed by atoms with van der Waals surface area (Å²) in [5.41, 5.74) is 2.57. The van der Waals surface area contributed by atoms with Crippen LogP contribution in [0, 0.1) is 6.92 Å². The molecule has 1 heterocycles. The number of carbonyl (C=O) groups is 1. The van der Waals surface area contributed by atoms with Gasteiger partial charge in [0.05, 0.1) is 5.52 Å². The molecule has 0 aliphatic rings. The van der Waals surface area contributed by atoms with E-state index in [-0.39, 0.29) is 12.5 Å². The number of carbonyl (C=O) groups excluding carboxylic acids is 1. The number of hydrogen-bond acceptors (Lipinski definition) is 3. The number of aryl methyl sites for hydroxylation is 1. The van der Waals surface area contributed by atoms with Crippen LogP contribution < -0.4 is 11.1 Å². The van der Waals surface area contributed by atoms with Gasteiger partial charge in [-0.2, -0.15) is 0 Å². The number of aromatic nitrogens is 1. The molecule has 0 saturated carbocycles. The number of nitrogens with zero attached hydrogens (tertiary/aromatic N) is 1. The first-order valence-corrected chi connectivity index (χ1v) is 7.07. The Morgan fingerprint density at radius 1 is 1.27 bits per heavy atom. The molecule has 0 bridgehead atoms. The van der Waals surface area contributed by atoms with Gasteiger partial charge in [-0.15, -0.1) is 0 Å². The Bertz CT molecular complexity index is 911. The molecule has 0 spiro atoms. The highest BCUT2D eigenvalue weighted by Crippen LogP contribution is 2.18. The monoisotopic (exact) mass is 316 g/mol. The first-order valence-electron chi connectivity index (χ1n) is 6.69. The van der Waals surface area contributed by atoms with Crippen LogP contribution in [0.3, 0.4) is 0 Å². The van der Waals surface area contributed by atoms with Crippen molar-refractivity contribution in [1.29, 1.82) is 0 Å². The van der Waals surface area contributed by atoms with Crippen LogP contribution in [0.4, 0.5) is 5.69 Å². The number of oxazole rings is 1. The van der Waals surface area contributed by atoms with Crippen molar-refractivity contribution in [2.24, 2.45) is 0 Å². The highest BCUT2D eigenvalue weighted by Gasteiger charge is 2.13. The van der Waals surface area contributed by atoms with E-state index in [0.717, 1.165) is 11.3 Å². The van der Waals surface area contributed by atoms with Gasteiger partial charge in [-0.25, -0.2) is 4.79 Å². The Morgan fingerprint density at radius 3 is 2.82 bits per heavy atom. The minimum absolute atomic E-state index is 0.123. The molecule has 1 aromatic heterocycles. The summed E-state index contributed by atoms with van der Waals surface area (Å²) in [5.74, 6) is -0.883. The Balaban J connectivity index is 1.87. The summed E-state index contributed by atoms with van der Waals surface area (Å²) in [4.78, 5) is 24.0. The van der Waals surface area contributed by atoms with E-state index < -0.39 is 5.76 Å². The average Bonchev–Trinajstić information content (AvgIpc) is 2.77. The Labute approximate surface area is 131 Å². The molecule has 3 rings (SSSR count). The van der Waals surface area contributed by atoms with Gasteiger partial charge in [-0.05, 0) is 30.7 Å². The van der Waals surface area contributed by atoms with E-state index in [4.69, 9.17) is 16.0 Å². The normalized spacial score (nSPS) is 10.8. The van der Waals surface area contributed by atoms with Crippen LogP contribution in [0.25, 0.3) is 11.1 Å². The first kappa shape index (κ1) is 14.4. The van der Waals surface area contributed by atoms with Gasteiger partial charge in [0.15, 0.2) is 5.58 Å². The first-order chi connectivity index (χ1) is 10.5. The molecule has 0 aliphatic heterocycles. The molecule has 112 valence electrons. The fourth-order valence-electron chi connectivity index (χ4n) is 2.24. The molecule has 22 heavy (non-hydrogen) atoms. The number of amides is 1. The molecule has 2 aromatic carbocycles. The van der Waals surface area contributed by atoms with Crippen molar-refractivity contribution in [3.05, 3.63) is 63.6 Å². The zero-order valence-electron chi connectivity index (χ0n) is 11.8. The fraction of sp³-hybridized carbons (Fsp3) is 0.125. The Kier molecular flexibility index (Phi) is 3.73. The van der Waals surface area contributed by atoms with Crippen molar-refractivity contribution < 1.29 is 9.21 Å². The smallest absolute Gasteiger partial charge is 0.408 e. The van der Waals surface area contributed by atoms with Crippen LogP contribution in [0.15, 0.2) is 51.7 Å². The second-order valence-electron chi connectivity index (χ2n) is 4.93. The lowest BCUT2D eigenvalue weighted by Gasteiger charge is -2.08. The Morgan fingerprint density at radius 2 is 2.05 bits per heavy atom. The number of para-hydroxylation sites is 1. The largest absolute Gasteiger partial charge is 0.420 e. The quantitative estimate of drug-likeness (QED) is 0.807. The van der Waals surface area contributed by atoms with Crippen molar-refractivity contribution in [3.63, 3.8) is 0 Å². The zero-order valence-corrected chi connectivity index (χ0v) is 12.6. The lowest BCUT2D eigenvalue weighted by atomic mass is 10.2. The minimum Gasteiger partial charge on any atom is -0.408 e. The van der Waals surface area contributed by atoms with Crippen molar-refractivity contribution in [2.75, 3.05) is 5.32 Å². The van der Waals surface area contributed by atoms with E-state index >= 15 is 0 Å². The molecule has 0 atom stereocenters. The predicted molar refractivity (Wildman–Crippen MR) is 85.3 cm³/mol. The summed E-state index contributed by atoms with van der Waals surface area (Å²) < 4.78 is 6.37. The molecule has 3 aromatic rings. The SMILES string of the molecule is Cc1ccccc1NC(=O)Cn1c(=O)oc2cc(Cl)ccc21. The number of halogens is 1. The van der Waals surface area contributed by atoms with Crippen molar-refractivity contribution in [3.8, 4) is 0 Å². The second kappa shape index (κ2) is 5.69. The van der Waals surface area contributed by atoms with Crippen LogP contribution in [-0.4, -0.2) is 10.5 Å². The van der Waals surface area contributed by atoms with Gasteiger partial charge in [0.2, 0.25) is 5.91 Å². The summed E-state index contributed by atoms with van der Waals surface area (Å²) >= 11 is 5.86. The van der Waals surface area contributed by atoms with Gasteiger partial charge < -0.3 is 9.73 Å². The number of anilines is 1. The molecular weight excluding hydrogens is 304 g/mol. The summed E-state index contributed by atoms with van der Waals surface area (Å²) in [5, 5.41) is 3.26. The van der Waals surface area contributed by atoms with Crippen LogP contribution in [0.5, 0.6) is 0 Å². The molecule has 6 heteroatoms. The van der Waals surface area contributed by atoms with Crippen LogP contribution in [0.2, 0.25) is 5.02 Å². The third kappa shape index (κ3) is 2.76. The van der Waals surface area contributed by atoms with Gasteiger partial charge in [0, 0.05) is 16.8 Å². The third-order valence-electron chi connectivity index (χ3n) is 3.35. The van der Waals surface area contributed by atoms with Gasteiger partial charge in [0.25, 0.3) is 0 Å². The maximum absolute atomic E-state index is 12.2. The van der Waals surface area contributed by atoms with Crippen LogP contribution in [0.1, 0.15) is 5.56 Å². The van der Waals surface area contributed by atoms with E-state index in [0.29, 0.717) is 16.1 Å². The summed E-state index contributed by atoms with van der Waals surface area (Å²) in [7, 11) is 0. The molecule has 0 fully saturated rings. The number of rotatable bonds is 3. The van der Waals surface area contributed by atoms with Gasteiger partial charge in [-0.3, -0.25) is 9.36 Å². The molecular formula is C16H13ClN2O3. The Hall–Kier alpha value is -2.53. The lowest BCUT2D eigenvalue weighted by molar-refractivity contribution is -0.116. The van der Waals surface area contributed by atoms with E-state index in [1.807, 2.05) is 31.2 Å². The number of fused-ring (bicyclic) bond motifs is 1. The van der Waals surface area contributed by atoms with Crippen LogP contribution >= 0.6 is 11.6 Å². The van der Waals surface area contributed by atoms with Gasteiger partial charge >= 0.3 is 5.76 Å². The predicted octanol–water partition coefficient (Wildman–Crippen LogP) is 3.20. The zero-order chi connectivity index (χ0) is 15.7. The van der Waals surface area contributed by atoms with E-state index in [2.05, 4.69) is 5.32 Å². The summed E-state index contributed by atoms with van der Waals surface area (Å²) in [6, 6.07) is 12.3. The fourth-order valence-corrected chi connectivity index (χ4v) is 2.40. The van der Waals surface area contributed by atoms with Crippen molar-refractivity contribution in [1.82, 2.24) is 4.57 Å². The molecule has 0 radical (unpaired) electrons. The summed E-state index contributed by atoms with van der Waals surface area (Å²) in [6.07, 6.45) is 0. The molecule has 0 aliphatic carbocycles. The topological polar surface area (TPSA) is 64.2 Å². The molecule has 0 saturated heterocycles. The van der Waals surface area contributed by atoms with Crippen molar-refractivity contribution >= 4 is 34.3 Å². The molecule has 5 nitrogen and oxygen atoms in total. The summed E-state index contributed by atoms with van der Waals surface area (Å²) in [6.45, 7) is 1.78. The number of nitrogens with one attached hydrogen (secondary N) is 1. The maximum atomic E-state index is 12.2. The van der Waals surface area contributed by atoms with E-state index in [9.17, 15) is 9.59 Å². The third-order valence-corrected chi connectivity index (χ3v) is 3.59.